The third-order valence-corrected chi connectivity index (χ3v) is 5.75. The summed E-state index contributed by atoms with van der Waals surface area (Å²) in [6.07, 6.45) is 9.45. The molecule has 1 aliphatic carbocycles. The van der Waals surface area contributed by atoms with Gasteiger partial charge in [-0.05, 0) is 44.2 Å². The number of amides is 2. The summed E-state index contributed by atoms with van der Waals surface area (Å²) in [6.45, 7) is 1.33. The van der Waals surface area contributed by atoms with Crippen LogP contribution >= 0.6 is 0 Å². The van der Waals surface area contributed by atoms with E-state index in [9.17, 15) is 9.59 Å². The lowest BCUT2D eigenvalue weighted by Gasteiger charge is -2.30. The maximum atomic E-state index is 12.2. The van der Waals surface area contributed by atoms with Crippen LogP contribution in [0.15, 0.2) is 36.7 Å². The Morgan fingerprint density at radius 1 is 1.21 bits per heavy atom. The summed E-state index contributed by atoms with van der Waals surface area (Å²) in [6, 6.07) is 8.24. The molecule has 28 heavy (non-hydrogen) atoms. The van der Waals surface area contributed by atoms with Crippen LogP contribution in [-0.2, 0) is 9.59 Å². The molecule has 2 amide bonds. The lowest BCUT2D eigenvalue weighted by atomic mass is 9.92. The number of carbonyl (C=O) groups excluding carboxylic acids is 2. The molecule has 1 saturated carbocycles. The van der Waals surface area contributed by atoms with Gasteiger partial charge < -0.3 is 15.0 Å². The average Bonchev–Trinajstić information content (AvgIpc) is 3.13. The minimum Gasteiger partial charge on any atom is -0.490 e. The van der Waals surface area contributed by atoms with Gasteiger partial charge in [-0.1, -0.05) is 12.1 Å². The van der Waals surface area contributed by atoms with Crippen LogP contribution in [0.2, 0.25) is 0 Å². The first-order valence-corrected chi connectivity index (χ1v) is 10.3. The van der Waals surface area contributed by atoms with Crippen molar-refractivity contribution >= 4 is 22.6 Å². The number of nitrogens with zero attached hydrogens (tertiary/aromatic N) is 2. The number of aromatic nitrogens is 1. The highest BCUT2D eigenvalue weighted by Gasteiger charge is 2.25. The normalized spacial score (nSPS) is 22.4. The van der Waals surface area contributed by atoms with Crippen molar-refractivity contribution in [2.24, 2.45) is 0 Å². The Kier molecular flexibility index (Phi) is 5.74. The van der Waals surface area contributed by atoms with Gasteiger partial charge >= 0.3 is 0 Å². The first kappa shape index (κ1) is 18.7. The fourth-order valence-corrected chi connectivity index (χ4v) is 4.18. The van der Waals surface area contributed by atoms with Crippen molar-refractivity contribution in [3.8, 4) is 5.75 Å². The molecular weight excluding hydrogens is 354 g/mol. The fourth-order valence-electron chi connectivity index (χ4n) is 4.18. The van der Waals surface area contributed by atoms with Crippen molar-refractivity contribution in [1.29, 1.82) is 0 Å². The van der Waals surface area contributed by atoms with Crippen molar-refractivity contribution in [1.82, 2.24) is 15.2 Å². The van der Waals surface area contributed by atoms with Gasteiger partial charge in [0.1, 0.15) is 5.75 Å². The second kappa shape index (κ2) is 8.59. The molecule has 1 saturated heterocycles. The first-order chi connectivity index (χ1) is 13.7. The van der Waals surface area contributed by atoms with Crippen LogP contribution < -0.4 is 10.1 Å². The molecule has 0 radical (unpaired) electrons. The van der Waals surface area contributed by atoms with Crippen molar-refractivity contribution in [2.45, 2.75) is 57.1 Å². The molecule has 1 aromatic carbocycles. The lowest BCUT2D eigenvalue weighted by molar-refractivity contribution is -0.128. The zero-order chi connectivity index (χ0) is 19.3. The van der Waals surface area contributed by atoms with E-state index in [1.807, 2.05) is 30.5 Å². The molecule has 0 atom stereocenters. The number of fused-ring (bicyclic) bond motifs is 1. The molecule has 2 aliphatic rings. The SMILES string of the molecule is O=C(CCN1CCCC1=O)NC1CCC(Oc2cccc3cnccc23)CC1. The molecule has 2 heterocycles. The Morgan fingerprint density at radius 2 is 2.07 bits per heavy atom. The topological polar surface area (TPSA) is 71.5 Å². The molecule has 1 aromatic heterocycles. The Morgan fingerprint density at radius 3 is 2.86 bits per heavy atom. The van der Waals surface area contributed by atoms with Crippen LogP contribution in [0.4, 0.5) is 0 Å². The summed E-state index contributed by atoms with van der Waals surface area (Å²) in [5, 5.41) is 5.30. The van der Waals surface area contributed by atoms with E-state index in [0.29, 0.717) is 19.4 Å². The average molecular weight is 381 g/mol. The summed E-state index contributed by atoms with van der Waals surface area (Å²) < 4.78 is 6.26. The van der Waals surface area contributed by atoms with E-state index in [-0.39, 0.29) is 24.0 Å². The van der Waals surface area contributed by atoms with E-state index in [1.165, 1.54) is 0 Å². The molecule has 0 spiro atoms. The quantitative estimate of drug-likeness (QED) is 0.835. The monoisotopic (exact) mass is 381 g/mol. The number of nitrogens with one attached hydrogen (secondary N) is 1. The number of carbonyl (C=O) groups is 2. The highest BCUT2D eigenvalue weighted by molar-refractivity contribution is 5.87. The molecule has 1 aliphatic heterocycles. The summed E-state index contributed by atoms with van der Waals surface area (Å²) >= 11 is 0. The van der Waals surface area contributed by atoms with Gasteiger partial charge in [-0.2, -0.15) is 0 Å². The van der Waals surface area contributed by atoms with Crippen LogP contribution in [0.25, 0.3) is 10.8 Å². The van der Waals surface area contributed by atoms with Crippen molar-refractivity contribution in [3.63, 3.8) is 0 Å². The molecule has 2 fully saturated rings. The molecule has 6 heteroatoms. The predicted molar refractivity (Wildman–Crippen MR) is 107 cm³/mol. The Balaban J connectivity index is 1.23. The molecule has 1 N–H and O–H groups in total. The van der Waals surface area contributed by atoms with Crippen LogP contribution in [0, 0.1) is 0 Å². The van der Waals surface area contributed by atoms with Crippen molar-refractivity contribution in [2.75, 3.05) is 13.1 Å². The fraction of sp³-hybridized carbons (Fsp3) is 0.500. The van der Waals surface area contributed by atoms with E-state index in [4.69, 9.17) is 4.74 Å². The van der Waals surface area contributed by atoms with Gasteiger partial charge in [0.2, 0.25) is 11.8 Å². The number of hydrogen-bond donors (Lipinski definition) is 1. The predicted octanol–water partition coefficient (Wildman–Crippen LogP) is 3.05. The Labute approximate surface area is 165 Å². The smallest absolute Gasteiger partial charge is 0.222 e. The van der Waals surface area contributed by atoms with Crippen LogP contribution in [0.1, 0.15) is 44.9 Å². The van der Waals surface area contributed by atoms with Gasteiger partial charge in [-0.25, -0.2) is 0 Å². The molecule has 0 unspecified atom stereocenters. The number of rotatable bonds is 6. The summed E-state index contributed by atoms with van der Waals surface area (Å²) in [4.78, 5) is 29.8. The summed E-state index contributed by atoms with van der Waals surface area (Å²) in [7, 11) is 0. The number of ether oxygens (including phenoxy) is 1. The maximum Gasteiger partial charge on any atom is 0.222 e. The number of pyridine rings is 1. The molecule has 148 valence electrons. The Bertz CT molecular complexity index is 841. The molecule has 2 aromatic rings. The van der Waals surface area contributed by atoms with Gasteiger partial charge in [0.25, 0.3) is 0 Å². The van der Waals surface area contributed by atoms with Crippen LogP contribution in [0.3, 0.4) is 0 Å². The second-order valence-corrected chi connectivity index (χ2v) is 7.75. The van der Waals surface area contributed by atoms with Crippen LogP contribution in [0.5, 0.6) is 5.75 Å². The summed E-state index contributed by atoms with van der Waals surface area (Å²) in [5.74, 6) is 1.13. The maximum absolute atomic E-state index is 12.2. The third-order valence-electron chi connectivity index (χ3n) is 5.75. The number of likely N-dealkylation sites (tertiary alicyclic amines) is 1. The van der Waals surface area contributed by atoms with E-state index in [2.05, 4.69) is 10.3 Å². The second-order valence-electron chi connectivity index (χ2n) is 7.75. The van der Waals surface area contributed by atoms with Gasteiger partial charge in [-0.15, -0.1) is 0 Å². The highest BCUT2D eigenvalue weighted by Crippen LogP contribution is 2.29. The van der Waals surface area contributed by atoms with E-state index in [0.717, 1.165) is 55.2 Å². The van der Waals surface area contributed by atoms with Gasteiger partial charge in [0.05, 0.1) is 6.10 Å². The largest absolute Gasteiger partial charge is 0.490 e. The summed E-state index contributed by atoms with van der Waals surface area (Å²) in [5.41, 5.74) is 0. The van der Waals surface area contributed by atoms with Crippen molar-refractivity contribution < 1.29 is 14.3 Å². The molecular formula is C22H27N3O3. The zero-order valence-corrected chi connectivity index (χ0v) is 16.1. The van der Waals surface area contributed by atoms with Gasteiger partial charge in [0, 0.05) is 55.1 Å². The minimum absolute atomic E-state index is 0.0469. The minimum atomic E-state index is 0.0469. The van der Waals surface area contributed by atoms with E-state index in [1.54, 1.807) is 11.1 Å². The zero-order valence-electron chi connectivity index (χ0n) is 16.1. The highest BCUT2D eigenvalue weighted by atomic mass is 16.5. The standard InChI is InChI=1S/C22H27N3O3/c26-21(11-14-25-13-2-5-22(25)27)24-17-6-8-18(9-7-17)28-20-4-1-3-16-15-23-12-10-19(16)20/h1,3-4,10,12,15,17-18H,2,5-9,11,13-14H2,(H,24,26). The number of hydrogen-bond acceptors (Lipinski definition) is 4. The lowest BCUT2D eigenvalue weighted by Crippen LogP contribution is -2.41. The molecule has 4 rings (SSSR count). The molecule has 0 bridgehead atoms. The van der Waals surface area contributed by atoms with Gasteiger partial charge in [0.15, 0.2) is 0 Å². The molecule has 6 nitrogen and oxygen atoms in total. The third kappa shape index (κ3) is 4.43. The van der Waals surface area contributed by atoms with Crippen molar-refractivity contribution in [3.05, 3.63) is 36.7 Å². The van der Waals surface area contributed by atoms with E-state index >= 15 is 0 Å². The van der Waals surface area contributed by atoms with E-state index < -0.39 is 0 Å². The first-order valence-electron chi connectivity index (χ1n) is 10.3. The Hall–Kier alpha value is -2.63. The number of benzene rings is 1. The van der Waals surface area contributed by atoms with Crippen LogP contribution in [-0.4, -0.2) is 46.9 Å². The van der Waals surface area contributed by atoms with Gasteiger partial charge in [-0.3, -0.25) is 14.6 Å².